The Morgan fingerprint density at radius 2 is 2.12 bits per heavy atom. The zero-order valence-corrected chi connectivity index (χ0v) is 9.61. The molecule has 0 amide bonds. The van der Waals surface area contributed by atoms with Crippen molar-refractivity contribution in [3.8, 4) is 6.07 Å². The third kappa shape index (κ3) is 2.09. The summed E-state index contributed by atoms with van der Waals surface area (Å²) in [5.41, 5.74) is 1.91. The lowest BCUT2D eigenvalue weighted by atomic mass is 10.2. The first-order valence-electron chi connectivity index (χ1n) is 5.84. The zero-order chi connectivity index (χ0) is 11.4. The summed E-state index contributed by atoms with van der Waals surface area (Å²) in [7, 11) is 0. The average molecular weight is 212 g/mol. The van der Waals surface area contributed by atoms with Crippen LogP contribution in [0.3, 0.4) is 0 Å². The van der Waals surface area contributed by atoms with Crippen molar-refractivity contribution in [3.05, 3.63) is 36.0 Å². The molecule has 0 aliphatic heterocycles. The number of aryl methyl sites for hydroxylation is 1. The summed E-state index contributed by atoms with van der Waals surface area (Å²) < 4.78 is 2.24. The van der Waals surface area contributed by atoms with E-state index in [-0.39, 0.29) is 0 Å². The number of unbranched alkanes of at least 4 members (excludes halogenated alkanes) is 2. The van der Waals surface area contributed by atoms with Crippen molar-refractivity contribution in [1.29, 1.82) is 5.26 Å². The lowest BCUT2D eigenvalue weighted by Gasteiger charge is -2.04. The van der Waals surface area contributed by atoms with E-state index in [9.17, 15) is 0 Å². The molecule has 16 heavy (non-hydrogen) atoms. The van der Waals surface area contributed by atoms with Gasteiger partial charge in [0.1, 0.15) is 0 Å². The zero-order valence-electron chi connectivity index (χ0n) is 9.61. The number of hydrogen-bond donors (Lipinski definition) is 0. The van der Waals surface area contributed by atoms with Gasteiger partial charge >= 0.3 is 0 Å². The van der Waals surface area contributed by atoms with Gasteiger partial charge in [0.05, 0.1) is 11.6 Å². The quantitative estimate of drug-likeness (QED) is 0.710. The molecule has 0 aliphatic carbocycles. The summed E-state index contributed by atoms with van der Waals surface area (Å²) in [5, 5.41) is 10.1. The van der Waals surface area contributed by atoms with E-state index in [4.69, 9.17) is 5.26 Å². The standard InChI is InChI=1S/C14H16N2/c1-2-3-4-8-16-9-7-13-6-5-12(11-15)10-14(13)16/h5-7,9-10H,2-4,8H2,1H3. The minimum atomic E-state index is 0.739. The Kier molecular flexibility index (Phi) is 3.26. The van der Waals surface area contributed by atoms with E-state index < -0.39 is 0 Å². The number of benzene rings is 1. The Morgan fingerprint density at radius 3 is 2.88 bits per heavy atom. The fourth-order valence-electron chi connectivity index (χ4n) is 1.98. The Hall–Kier alpha value is -1.75. The van der Waals surface area contributed by atoms with Crippen molar-refractivity contribution >= 4 is 10.9 Å². The Morgan fingerprint density at radius 1 is 1.25 bits per heavy atom. The number of nitriles is 1. The predicted molar refractivity (Wildman–Crippen MR) is 66.2 cm³/mol. The van der Waals surface area contributed by atoms with Crippen molar-refractivity contribution in [2.75, 3.05) is 0 Å². The molecule has 82 valence electrons. The molecule has 2 nitrogen and oxygen atoms in total. The first-order chi connectivity index (χ1) is 7.85. The van der Waals surface area contributed by atoms with E-state index in [1.165, 1.54) is 30.2 Å². The third-order valence-corrected chi connectivity index (χ3v) is 2.91. The SMILES string of the molecule is CCCCCn1ccc2ccc(C#N)cc21. The number of nitrogens with zero attached hydrogens (tertiary/aromatic N) is 2. The molecule has 0 unspecified atom stereocenters. The maximum atomic E-state index is 8.88. The van der Waals surface area contributed by atoms with Crippen LogP contribution in [0.5, 0.6) is 0 Å². The van der Waals surface area contributed by atoms with Gasteiger partial charge in [0.25, 0.3) is 0 Å². The number of hydrogen-bond acceptors (Lipinski definition) is 1. The fraction of sp³-hybridized carbons (Fsp3) is 0.357. The third-order valence-electron chi connectivity index (χ3n) is 2.91. The fourth-order valence-corrected chi connectivity index (χ4v) is 1.98. The highest BCUT2D eigenvalue weighted by molar-refractivity contribution is 5.81. The molecule has 0 spiro atoms. The van der Waals surface area contributed by atoms with Crippen LogP contribution >= 0.6 is 0 Å². The smallest absolute Gasteiger partial charge is 0.0992 e. The average Bonchev–Trinajstić information content (AvgIpc) is 2.72. The van der Waals surface area contributed by atoms with Crippen LogP contribution in [0.15, 0.2) is 30.5 Å². The molecule has 2 heteroatoms. The van der Waals surface area contributed by atoms with Crippen molar-refractivity contribution in [1.82, 2.24) is 4.57 Å². The van der Waals surface area contributed by atoms with Crippen LogP contribution in [-0.2, 0) is 6.54 Å². The Balaban J connectivity index is 2.28. The minimum Gasteiger partial charge on any atom is -0.347 e. The van der Waals surface area contributed by atoms with Gasteiger partial charge in [-0.25, -0.2) is 0 Å². The van der Waals surface area contributed by atoms with Crippen LogP contribution in [0, 0.1) is 11.3 Å². The number of rotatable bonds is 4. The number of fused-ring (bicyclic) bond motifs is 1. The van der Waals surface area contributed by atoms with Gasteiger partial charge in [0.15, 0.2) is 0 Å². The highest BCUT2D eigenvalue weighted by Crippen LogP contribution is 2.18. The van der Waals surface area contributed by atoms with Gasteiger partial charge in [-0.1, -0.05) is 25.8 Å². The highest BCUT2D eigenvalue weighted by Gasteiger charge is 2.01. The molecule has 1 aromatic carbocycles. The van der Waals surface area contributed by atoms with Crippen molar-refractivity contribution < 1.29 is 0 Å². The second-order valence-electron chi connectivity index (χ2n) is 4.10. The topological polar surface area (TPSA) is 28.7 Å². The van der Waals surface area contributed by atoms with E-state index >= 15 is 0 Å². The molecule has 1 heterocycles. The minimum absolute atomic E-state index is 0.739. The van der Waals surface area contributed by atoms with Crippen LogP contribution in [0.4, 0.5) is 0 Å². The molecule has 0 saturated carbocycles. The molecule has 0 bridgehead atoms. The van der Waals surface area contributed by atoms with Gasteiger partial charge in [-0.15, -0.1) is 0 Å². The summed E-state index contributed by atoms with van der Waals surface area (Å²) in [5.74, 6) is 0. The van der Waals surface area contributed by atoms with Crippen LogP contribution < -0.4 is 0 Å². The maximum absolute atomic E-state index is 8.88. The largest absolute Gasteiger partial charge is 0.347 e. The molecule has 0 aliphatic rings. The molecule has 0 radical (unpaired) electrons. The monoisotopic (exact) mass is 212 g/mol. The van der Waals surface area contributed by atoms with E-state index in [0.717, 1.165) is 12.1 Å². The summed E-state index contributed by atoms with van der Waals surface area (Å²) in [6, 6.07) is 10.2. The van der Waals surface area contributed by atoms with E-state index in [1.54, 1.807) is 0 Å². The molecule has 0 fully saturated rings. The van der Waals surface area contributed by atoms with Crippen molar-refractivity contribution in [2.45, 2.75) is 32.7 Å². The first-order valence-corrected chi connectivity index (χ1v) is 5.84. The van der Waals surface area contributed by atoms with E-state index in [2.05, 4.69) is 29.8 Å². The molecule has 1 aromatic heterocycles. The van der Waals surface area contributed by atoms with E-state index in [0.29, 0.717) is 0 Å². The molecule has 0 N–H and O–H groups in total. The molecule has 0 atom stereocenters. The summed E-state index contributed by atoms with van der Waals surface area (Å²) >= 11 is 0. The van der Waals surface area contributed by atoms with Gasteiger partial charge in [-0.05, 0) is 30.0 Å². The highest BCUT2D eigenvalue weighted by atomic mass is 14.9. The summed E-state index contributed by atoms with van der Waals surface area (Å²) in [6.07, 6.45) is 5.82. The van der Waals surface area contributed by atoms with Crippen molar-refractivity contribution in [2.24, 2.45) is 0 Å². The lowest BCUT2D eigenvalue weighted by molar-refractivity contribution is 0.616. The second kappa shape index (κ2) is 4.85. The second-order valence-corrected chi connectivity index (χ2v) is 4.10. The van der Waals surface area contributed by atoms with Gasteiger partial charge in [0.2, 0.25) is 0 Å². The van der Waals surface area contributed by atoms with Gasteiger partial charge < -0.3 is 4.57 Å². The van der Waals surface area contributed by atoms with Gasteiger partial charge in [0, 0.05) is 18.3 Å². The van der Waals surface area contributed by atoms with E-state index in [1.807, 2.05) is 18.2 Å². The Bertz CT molecular complexity index is 517. The molecular weight excluding hydrogens is 196 g/mol. The van der Waals surface area contributed by atoms with Crippen LogP contribution in [-0.4, -0.2) is 4.57 Å². The molecule has 0 saturated heterocycles. The number of aromatic nitrogens is 1. The van der Waals surface area contributed by atoms with Crippen LogP contribution in [0.2, 0.25) is 0 Å². The normalized spacial score (nSPS) is 10.5. The summed E-state index contributed by atoms with van der Waals surface area (Å²) in [6.45, 7) is 3.26. The maximum Gasteiger partial charge on any atom is 0.0992 e. The Labute approximate surface area is 96.1 Å². The predicted octanol–water partition coefficient (Wildman–Crippen LogP) is 3.70. The molecular formula is C14H16N2. The van der Waals surface area contributed by atoms with Crippen molar-refractivity contribution in [3.63, 3.8) is 0 Å². The van der Waals surface area contributed by atoms with Gasteiger partial charge in [-0.2, -0.15) is 5.26 Å². The summed E-state index contributed by atoms with van der Waals surface area (Å²) in [4.78, 5) is 0. The van der Waals surface area contributed by atoms with Crippen LogP contribution in [0.1, 0.15) is 31.7 Å². The lowest BCUT2D eigenvalue weighted by Crippen LogP contribution is -1.95. The van der Waals surface area contributed by atoms with Crippen LogP contribution in [0.25, 0.3) is 10.9 Å². The first kappa shape index (κ1) is 10.8. The molecule has 2 rings (SSSR count). The van der Waals surface area contributed by atoms with Gasteiger partial charge in [-0.3, -0.25) is 0 Å². The molecule has 2 aromatic rings.